The van der Waals surface area contributed by atoms with Crippen LogP contribution in [0, 0.1) is 0 Å². The van der Waals surface area contributed by atoms with Crippen molar-refractivity contribution in [3.8, 4) is 0 Å². The first-order chi connectivity index (χ1) is 9.79. The average molecular weight is 330 g/mol. The summed E-state index contributed by atoms with van der Waals surface area (Å²) in [6.45, 7) is 7.18. The Kier molecular flexibility index (Phi) is 4.57. The van der Waals surface area contributed by atoms with E-state index in [4.69, 9.17) is 0 Å². The van der Waals surface area contributed by atoms with E-state index in [2.05, 4.69) is 11.9 Å². The molecule has 21 heavy (non-hydrogen) atoms. The largest absolute Gasteiger partial charge is 0.480 e. The Morgan fingerprint density at radius 1 is 1.57 bits per heavy atom. The van der Waals surface area contributed by atoms with E-state index in [0.717, 1.165) is 0 Å². The zero-order valence-electron chi connectivity index (χ0n) is 11.9. The van der Waals surface area contributed by atoms with E-state index in [0.29, 0.717) is 5.75 Å². The standard InChI is InChI=1S/C13H18N2O4S2/c1-4-5-20-6-7(16)14-8-10(17)15-9(12(18)19)13(2,3)21-11(8)15/h4,8-9,11H,1,5-6H2,2-3H3,(H,14,16)(H,18,19)/t8-,9?,11-/m1/s1. The Hall–Kier alpha value is -1.15. The third kappa shape index (κ3) is 2.91. The van der Waals surface area contributed by atoms with Gasteiger partial charge >= 0.3 is 5.97 Å². The molecule has 2 aliphatic heterocycles. The van der Waals surface area contributed by atoms with Gasteiger partial charge < -0.3 is 15.3 Å². The summed E-state index contributed by atoms with van der Waals surface area (Å²) < 4.78 is -0.566. The Morgan fingerprint density at radius 3 is 2.81 bits per heavy atom. The fourth-order valence-electron chi connectivity index (χ4n) is 2.60. The first-order valence-electron chi connectivity index (χ1n) is 6.50. The summed E-state index contributed by atoms with van der Waals surface area (Å²) in [6, 6.07) is -1.46. The Bertz CT molecular complexity index is 495. The number of carboxylic acid groups (broad SMARTS) is 1. The summed E-state index contributed by atoms with van der Waals surface area (Å²) in [4.78, 5) is 36.6. The molecule has 2 N–H and O–H groups in total. The fourth-order valence-corrected chi connectivity index (χ4v) is 4.77. The fraction of sp³-hybridized carbons (Fsp3) is 0.615. The molecule has 8 heteroatoms. The van der Waals surface area contributed by atoms with Crippen molar-refractivity contribution in [3.63, 3.8) is 0 Å². The maximum atomic E-state index is 12.1. The van der Waals surface area contributed by atoms with Gasteiger partial charge in [0, 0.05) is 10.5 Å². The summed E-state index contributed by atoms with van der Waals surface area (Å²) in [6.07, 6.45) is 1.71. The topological polar surface area (TPSA) is 86.7 Å². The van der Waals surface area contributed by atoms with Gasteiger partial charge in [-0.1, -0.05) is 6.08 Å². The van der Waals surface area contributed by atoms with Crippen molar-refractivity contribution in [2.75, 3.05) is 11.5 Å². The summed E-state index contributed by atoms with van der Waals surface area (Å²) in [5.74, 6) is -0.595. The zero-order chi connectivity index (χ0) is 15.8. The lowest BCUT2D eigenvalue weighted by Gasteiger charge is -2.43. The molecule has 0 saturated carbocycles. The molecule has 3 atom stereocenters. The molecule has 1 unspecified atom stereocenters. The number of rotatable bonds is 6. The number of nitrogens with one attached hydrogen (secondary N) is 1. The van der Waals surface area contributed by atoms with Gasteiger partial charge in [-0.05, 0) is 13.8 Å². The number of hydrogen-bond donors (Lipinski definition) is 2. The molecule has 2 fully saturated rings. The van der Waals surface area contributed by atoms with Crippen molar-refractivity contribution in [3.05, 3.63) is 12.7 Å². The number of nitrogens with zero attached hydrogens (tertiary/aromatic N) is 1. The predicted octanol–water partition coefficient (Wildman–Crippen LogP) is 0.537. The Labute approximate surface area is 131 Å². The van der Waals surface area contributed by atoms with E-state index in [1.54, 1.807) is 19.9 Å². The van der Waals surface area contributed by atoms with E-state index in [1.807, 2.05) is 0 Å². The number of carbonyl (C=O) groups excluding carboxylic acids is 2. The number of hydrogen-bond acceptors (Lipinski definition) is 5. The molecule has 2 amide bonds. The summed E-state index contributed by atoms with van der Waals surface area (Å²) in [5, 5.41) is 11.7. The molecule has 2 saturated heterocycles. The number of aliphatic carboxylic acids is 1. The molecule has 0 radical (unpaired) electrons. The molecule has 0 aromatic carbocycles. The van der Waals surface area contributed by atoms with Gasteiger partial charge in [0.15, 0.2) is 0 Å². The van der Waals surface area contributed by atoms with Crippen molar-refractivity contribution >= 4 is 41.3 Å². The van der Waals surface area contributed by atoms with Gasteiger partial charge in [0.2, 0.25) is 11.8 Å². The molecule has 0 bridgehead atoms. The molecule has 2 rings (SSSR count). The lowest BCUT2D eigenvalue weighted by Crippen LogP contribution is -2.70. The Morgan fingerprint density at radius 2 is 2.24 bits per heavy atom. The number of carboxylic acids is 1. The maximum absolute atomic E-state index is 12.1. The molecular weight excluding hydrogens is 312 g/mol. The second-order valence-electron chi connectivity index (χ2n) is 5.45. The summed E-state index contributed by atoms with van der Waals surface area (Å²) in [5.41, 5.74) is 0. The van der Waals surface area contributed by atoms with Gasteiger partial charge in [-0.3, -0.25) is 9.59 Å². The molecule has 6 nitrogen and oxygen atoms in total. The van der Waals surface area contributed by atoms with Crippen LogP contribution in [0.25, 0.3) is 0 Å². The van der Waals surface area contributed by atoms with Crippen LogP contribution >= 0.6 is 23.5 Å². The second-order valence-corrected chi connectivity index (χ2v) is 8.25. The van der Waals surface area contributed by atoms with Gasteiger partial charge in [0.1, 0.15) is 17.5 Å². The first-order valence-corrected chi connectivity index (χ1v) is 8.54. The molecule has 2 heterocycles. The lowest BCUT2D eigenvalue weighted by atomic mass is 9.96. The average Bonchev–Trinajstić information content (AvgIpc) is 2.65. The SMILES string of the molecule is C=CCSCC(=O)N[C@@H]1C(=O)N2C(C(=O)O)C(C)(C)S[C@H]12. The van der Waals surface area contributed by atoms with Crippen LogP contribution in [0.4, 0.5) is 0 Å². The van der Waals surface area contributed by atoms with Crippen LogP contribution in [-0.4, -0.2) is 61.5 Å². The van der Waals surface area contributed by atoms with Crippen LogP contribution in [0.1, 0.15) is 13.8 Å². The van der Waals surface area contributed by atoms with Crippen LogP contribution in [0.5, 0.6) is 0 Å². The smallest absolute Gasteiger partial charge is 0.327 e. The Balaban J connectivity index is 1.98. The molecule has 0 spiro atoms. The maximum Gasteiger partial charge on any atom is 0.327 e. The number of amides is 2. The van der Waals surface area contributed by atoms with E-state index in [-0.39, 0.29) is 22.9 Å². The monoisotopic (exact) mass is 330 g/mol. The molecule has 2 aliphatic rings. The normalized spacial score (nSPS) is 29.5. The van der Waals surface area contributed by atoms with Crippen molar-refractivity contribution < 1.29 is 19.5 Å². The first kappa shape index (κ1) is 16.2. The minimum Gasteiger partial charge on any atom is -0.480 e. The van der Waals surface area contributed by atoms with E-state index in [9.17, 15) is 19.5 Å². The van der Waals surface area contributed by atoms with Gasteiger partial charge in [-0.25, -0.2) is 4.79 Å². The van der Waals surface area contributed by atoms with E-state index < -0.39 is 22.8 Å². The zero-order valence-corrected chi connectivity index (χ0v) is 13.5. The molecule has 0 aromatic rings. The van der Waals surface area contributed by atoms with Crippen molar-refractivity contribution in [2.24, 2.45) is 0 Å². The van der Waals surface area contributed by atoms with E-state index in [1.165, 1.54) is 28.4 Å². The molecular formula is C13H18N2O4S2. The van der Waals surface area contributed by atoms with Crippen molar-refractivity contribution in [2.45, 2.75) is 36.1 Å². The van der Waals surface area contributed by atoms with Crippen LogP contribution in [0.2, 0.25) is 0 Å². The minimum atomic E-state index is -1.00. The van der Waals surface area contributed by atoms with Crippen molar-refractivity contribution in [1.29, 1.82) is 0 Å². The van der Waals surface area contributed by atoms with Gasteiger partial charge in [-0.2, -0.15) is 0 Å². The highest BCUT2D eigenvalue weighted by Crippen LogP contribution is 2.50. The number of β-lactam (4-membered cyclic amide) rings is 1. The number of carbonyl (C=O) groups is 3. The lowest BCUT2D eigenvalue weighted by molar-refractivity contribution is -0.160. The highest BCUT2D eigenvalue weighted by Gasteiger charge is 2.64. The van der Waals surface area contributed by atoms with E-state index >= 15 is 0 Å². The van der Waals surface area contributed by atoms with Gasteiger partial charge in [-0.15, -0.1) is 30.1 Å². The number of fused-ring (bicyclic) bond motifs is 1. The molecule has 0 aliphatic carbocycles. The second kappa shape index (κ2) is 5.92. The number of thioether (sulfide) groups is 2. The van der Waals surface area contributed by atoms with Crippen LogP contribution in [-0.2, 0) is 14.4 Å². The summed E-state index contributed by atoms with van der Waals surface area (Å²) in [7, 11) is 0. The molecule has 116 valence electrons. The van der Waals surface area contributed by atoms with Gasteiger partial charge in [0.05, 0.1) is 5.75 Å². The third-order valence-electron chi connectivity index (χ3n) is 3.46. The predicted molar refractivity (Wildman–Crippen MR) is 83.2 cm³/mol. The third-order valence-corrected chi connectivity index (χ3v) is 5.97. The highest BCUT2D eigenvalue weighted by molar-refractivity contribution is 8.01. The van der Waals surface area contributed by atoms with Crippen LogP contribution in [0.3, 0.4) is 0 Å². The highest BCUT2D eigenvalue weighted by atomic mass is 32.2. The van der Waals surface area contributed by atoms with Crippen LogP contribution in [0.15, 0.2) is 12.7 Å². The van der Waals surface area contributed by atoms with Crippen LogP contribution < -0.4 is 5.32 Å². The van der Waals surface area contributed by atoms with Crippen molar-refractivity contribution in [1.82, 2.24) is 10.2 Å². The molecule has 0 aromatic heterocycles. The van der Waals surface area contributed by atoms with Gasteiger partial charge in [0.25, 0.3) is 0 Å². The quantitative estimate of drug-likeness (QED) is 0.420. The summed E-state index contributed by atoms with van der Waals surface area (Å²) >= 11 is 2.84. The minimum absolute atomic E-state index is 0.211.